The van der Waals surface area contributed by atoms with E-state index in [4.69, 9.17) is 5.84 Å². The number of amides is 1. The number of rotatable bonds is 4. The van der Waals surface area contributed by atoms with E-state index in [0.717, 1.165) is 19.4 Å². The Morgan fingerprint density at radius 3 is 2.80 bits per heavy atom. The molecule has 5 nitrogen and oxygen atoms in total. The second kappa shape index (κ2) is 4.92. The second-order valence-electron chi connectivity index (χ2n) is 4.53. The zero-order chi connectivity index (χ0) is 11.5. The van der Waals surface area contributed by atoms with Crippen LogP contribution in [0.3, 0.4) is 0 Å². The molecule has 1 saturated heterocycles. The summed E-state index contributed by atoms with van der Waals surface area (Å²) in [5, 5.41) is 9.83. The minimum absolute atomic E-state index is 0.158. The molecule has 1 rings (SSSR count). The Balaban J connectivity index is 2.61. The Kier molecular flexibility index (Phi) is 4.07. The number of hydrogen-bond acceptors (Lipinski definition) is 4. The van der Waals surface area contributed by atoms with Crippen LogP contribution in [0.5, 0.6) is 0 Å². The monoisotopic (exact) mass is 215 g/mol. The summed E-state index contributed by atoms with van der Waals surface area (Å²) in [7, 11) is 0. The van der Waals surface area contributed by atoms with Crippen LogP contribution in [-0.4, -0.2) is 40.6 Å². The average molecular weight is 215 g/mol. The van der Waals surface area contributed by atoms with Crippen molar-refractivity contribution in [2.24, 2.45) is 5.84 Å². The van der Waals surface area contributed by atoms with Gasteiger partial charge in [-0.15, -0.1) is 0 Å². The third-order valence-electron chi connectivity index (χ3n) is 2.93. The van der Waals surface area contributed by atoms with Gasteiger partial charge in [0, 0.05) is 13.1 Å². The van der Waals surface area contributed by atoms with Crippen molar-refractivity contribution < 1.29 is 9.90 Å². The Hall–Kier alpha value is -0.650. The van der Waals surface area contributed by atoms with Crippen molar-refractivity contribution in [3.8, 4) is 0 Å². The van der Waals surface area contributed by atoms with Crippen molar-refractivity contribution >= 4 is 5.91 Å². The number of hydrogen-bond donors (Lipinski definition) is 3. The van der Waals surface area contributed by atoms with Crippen molar-refractivity contribution in [1.82, 2.24) is 10.3 Å². The fourth-order valence-electron chi connectivity index (χ4n) is 2.10. The summed E-state index contributed by atoms with van der Waals surface area (Å²) in [4.78, 5) is 13.5. The van der Waals surface area contributed by atoms with E-state index in [-0.39, 0.29) is 11.9 Å². The summed E-state index contributed by atoms with van der Waals surface area (Å²) in [6, 6.07) is -0.200. The molecular formula is C10H21N3O2. The number of carbonyl (C=O) groups excluding carboxylic acids is 1. The smallest absolute Gasteiger partial charge is 0.251 e. The van der Waals surface area contributed by atoms with Crippen LogP contribution in [0.25, 0.3) is 0 Å². The topological polar surface area (TPSA) is 78.6 Å². The number of aliphatic hydroxyl groups is 1. The van der Waals surface area contributed by atoms with Crippen LogP contribution in [0.15, 0.2) is 0 Å². The molecule has 0 aromatic heterocycles. The van der Waals surface area contributed by atoms with Crippen molar-refractivity contribution in [2.75, 3.05) is 13.1 Å². The number of nitrogens with two attached hydrogens (primary N) is 1. The van der Waals surface area contributed by atoms with E-state index in [2.05, 4.69) is 5.43 Å². The highest BCUT2D eigenvalue weighted by Crippen LogP contribution is 2.23. The molecule has 0 aliphatic carbocycles. The van der Waals surface area contributed by atoms with Gasteiger partial charge in [0.15, 0.2) is 0 Å². The van der Waals surface area contributed by atoms with Crippen LogP contribution < -0.4 is 11.3 Å². The first-order valence-corrected chi connectivity index (χ1v) is 5.47. The van der Waals surface area contributed by atoms with Crippen LogP contribution in [-0.2, 0) is 4.79 Å². The number of likely N-dealkylation sites (tertiary alicyclic amines) is 1. The molecule has 2 atom stereocenters. The molecule has 5 heteroatoms. The molecule has 0 spiro atoms. The van der Waals surface area contributed by atoms with Crippen LogP contribution in [0.4, 0.5) is 0 Å². The van der Waals surface area contributed by atoms with Gasteiger partial charge in [0.05, 0.1) is 11.6 Å². The van der Waals surface area contributed by atoms with Crippen LogP contribution in [0.2, 0.25) is 0 Å². The van der Waals surface area contributed by atoms with Crippen LogP contribution >= 0.6 is 0 Å². The molecule has 4 N–H and O–H groups in total. The normalized spacial score (nSPS) is 29.1. The third-order valence-corrected chi connectivity index (χ3v) is 2.93. The first-order valence-electron chi connectivity index (χ1n) is 5.47. The summed E-state index contributed by atoms with van der Waals surface area (Å²) in [5.41, 5.74) is 1.53. The molecule has 1 fully saturated rings. The van der Waals surface area contributed by atoms with Gasteiger partial charge in [0.2, 0.25) is 0 Å². The van der Waals surface area contributed by atoms with Crippen molar-refractivity contribution in [2.45, 2.75) is 44.8 Å². The zero-order valence-electron chi connectivity index (χ0n) is 9.49. The van der Waals surface area contributed by atoms with Gasteiger partial charge in [-0.05, 0) is 19.8 Å². The maximum Gasteiger partial charge on any atom is 0.251 e. The number of hydrazine groups is 1. The van der Waals surface area contributed by atoms with Gasteiger partial charge in [-0.1, -0.05) is 13.3 Å². The molecule has 1 amide bonds. The summed E-state index contributed by atoms with van der Waals surface area (Å²) in [6.07, 6.45) is 2.42. The van der Waals surface area contributed by atoms with Crippen LogP contribution in [0.1, 0.15) is 33.1 Å². The van der Waals surface area contributed by atoms with Gasteiger partial charge in [0.1, 0.15) is 0 Å². The lowest BCUT2D eigenvalue weighted by Crippen LogP contribution is -2.49. The summed E-state index contributed by atoms with van der Waals surface area (Å²) < 4.78 is 0. The highest BCUT2D eigenvalue weighted by Gasteiger charge is 2.37. The minimum Gasteiger partial charge on any atom is -0.389 e. The summed E-state index contributed by atoms with van der Waals surface area (Å²) >= 11 is 0. The van der Waals surface area contributed by atoms with Gasteiger partial charge < -0.3 is 5.11 Å². The predicted octanol–water partition coefficient (Wildman–Crippen LogP) is -0.398. The van der Waals surface area contributed by atoms with Crippen LogP contribution in [0, 0.1) is 0 Å². The molecule has 0 aromatic rings. The van der Waals surface area contributed by atoms with E-state index in [1.165, 1.54) is 0 Å². The SMILES string of the molecule is CCCC(C(=O)NN)N1CCC(C)(O)C1. The molecule has 0 aromatic carbocycles. The van der Waals surface area contributed by atoms with E-state index < -0.39 is 5.60 Å². The molecule has 0 bridgehead atoms. The third kappa shape index (κ3) is 3.15. The van der Waals surface area contributed by atoms with E-state index in [1.54, 1.807) is 6.92 Å². The average Bonchev–Trinajstić information content (AvgIpc) is 2.54. The molecule has 1 aliphatic heterocycles. The summed E-state index contributed by atoms with van der Waals surface area (Å²) in [6.45, 7) is 5.14. The minimum atomic E-state index is -0.666. The quantitative estimate of drug-likeness (QED) is 0.339. The fraction of sp³-hybridized carbons (Fsp3) is 0.900. The number of carbonyl (C=O) groups is 1. The van der Waals surface area contributed by atoms with Gasteiger partial charge in [0.25, 0.3) is 5.91 Å². The number of nitrogens with one attached hydrogen (secondary N) is 1. The van der Waals surface area contributed by atoms with E-state index in [0.29, 0.717) is 13.0 Å². The van der Waals surface area contributed by atoms with Gasteiger partial charge in [-0.3, -0.25) is 15.1 Å². The van der Waals surface area contributed by atoms with E-state index >= 15 is 0 Å². The van der Waals surface area contributed by atoms with E-state index in [9.17, 15) is 9.90 Å². The van der Waals surface area contributed by atoms with Gasteiger partial charge >= 0.3 is 0 Å². The Bertz CT molecular complexity index is 231. The maximum atomic E-state index is 11.5. The molecule has 0 saturated carbocycles. The van der Waals surface area contributed by atoms with Crippen molar-refractivity contribution in [3.63, 3.8) is 0 Å². The standard InChI is InChI=1S/C10H21N3O2/c1-3-4-8(9(14)12-11)13-6-5-10(2,15)7-13/h8,15H,3-7,11H2,1-2H3,(H,12,14). The van der Waals surface area contributed by atoms with Gasteiger partial charge in [-0.2, -0.15) is 0 Å². The first kappa shape index (κ1) is 12.4. The second-order valence-corrected chi connectivity index (χ2v) is 4.53. The molecule has 1 aliphatic rings. The molecule has 88 valence electrons. The fourth-order valence-corrected chi connectivity index (χ4v) is 2.10. The lowest BCUT2D eigenvalue weighted by atomic mass is 10.1. The molecule has 0 radical (unpaired) electrons. The highest BCUT2D eigenvalue weighted by atomic mass is 16.3. The maximum absolute atomic E-state index is 11.5. The van der Waals surface area contributed by atoms with Gasteiger partial charge in [-0.25, -0.2) is 5.84 Å². The summed E-state index contributed by atoms with van der Waals surface area (Å²) in [5.74, 6) is 4.99. The lowest BCUT2D eigenvalue weighted by Gasteiger charge is -2.26. The molecule has 1 heterocycles. The van der Waals surface area contributed by atoms with Crippen molar-refractivity contribution in [3.05, 3.63) is 0 Å². The molecular weight excluding hydrogens is 194 g/mol. The molecule has 2 unspecified atom stereocenters. The lowest BCUT2D eigenvalue weighted by molar-refractivity contribution is -0.126. The number of β-amino-alcohol motifs (C(OH)–C–C–N with tert-alkyl or cyclic N) is 1. The largest absolute Gasteiger partial charge is 0.389 e. The Morgan fingerprint density at radius 1 is 1.73 bits per heavy atom. The Morgan fingerprint density at radius 2 is 2.40 bits per heavy atom. The predicted molar refractivity (Wildman–Crippen MR) is 57.8 cm³/mol. The first-order chi connectivity index (χ1) is 7.00. The Labute approximate surface area is 90.6 Å². The number of nitrogens with zero attached hydrogens (tertiary/aromatic N) is 1. The van der Waals surface area contributed by atoms with E-state index in [1.807, 2.05) is 11.8 Å². The molecule has 15 heavy (non-hydrogen) atoms. The highest BCUT2D eigenvalue weighted by molar-refractivity contribution is 5.81. The zero-order valence-corrected chi connectivity index (χ0v) is 9.49. The van der Waals surface area contributed by atoms with Crippen molar-refractivity contribution in [1.29, 1.82) is 0 Å².